The average molecular weight is 625 g/mol. The van der Waals surface area contributed by atoms with Crippen molar-refractivity contribution >= 4 is 11.9 Å². The van der Waals surface area contributed by atoms with E-state index in [-0.39, 0.29) is 11.9 Å². The third-order valence-electron chi connectivity index (χ3n) is 8.67. The van der Waals surface area contributed by atoms with Crippen LogP contribution in [0.2, 0.25) is 0 Å². The first-order valence-corrected chi connectivity index (χ1v) is 19.6. The topological polar surface area (TPSA) is 76.7 Å². The Morgan fingerprint density at radius 3 is 0.773 bits per heavy atom. The molecule has 0 bridgehead atoms. The molecule has 6 nitrogen and oxygen atoms in total. The highest BCUT2D eigenvalue weighted by Crippen LogP contribution is 2.15. The summed E-state index contributed by atoms with van der Waals surface area (Å²) in [7, 11) is 0. The lowest BCUT2D eigenvalue weighted by Gasteiger charge is -2.08. The van der Waals surface area contributed by atoms with Crippen molar-refractivity contribution in [3.63, 3.8) is 0 Å². The molecule has 0 unspecified atom stereocenters. The highest BCUT2D eigenvalue weighted by atomic mass is 16.7. The number of hydroxylamine groups is 2. The van der Waals surface area contributed by atoms with Crippen LogP contribution in [0.5, 0.6) is 0 Å². The molecule has 0 spiro atoms. The van der Waals surface area contributed by atoms with Gasteiger partial charge in [0.2, 0.25) is 0 Å². The van der Waals surface area contributed by atoms with Crippen molar-refractivity contribution in [1.82, 2.24) is 11.0 Å². The predicted octanol–water partition coefficient (Wildman–Crippen LogP) is 11.6. The molecule has 0 aromatic rings. The molecule has 2 N–H and O–H groups in total. The molecule has 0 aliphatic carbocycles. The van der Waals surface area contributed by atoms with Gasteiger partial charge in [-0.05, 0) is 12.8 Å². The van der Waals surface area contributed by atoms with Crippen LogP contribution < -0.4 is 11.0 Å². The molecule has 0 aromatic heterocycles. The summed E-state index contributed by atoms with van der Waals surface area (Å²) in [6, 6.07) is 0. The van der Waals surface area contributed by atoms with Gasteiger partial charge in [0.1, 0.15) is 0 Å². The summed E-state index contributed by atoms with van der Waals surface area (Å²) >= 11 is 0. The summed E-state index contributed by atoms with van der Waals surface area (Å²) in [6.45, 7) is 5.35. The summed E-state index contributed by atoms with van der Waals surface area (Å²) in [5, 5.41) is 0. The smallest absolute Gasteiger partial charge is 0.324 e. The van der Waals surface area contributed by atoms with Crippen LogP contribution in [0.25, 0.3) is 0 Å². The zero-order valence-electron chi connectivity index (χ0n) is 29.7. The maximum atomic E-state index is 11.8. The van der Waals surface area contributed by atoms with Crippen LogP contribution in [0.1, 0.15) is 219 Å². The summed E-state index contributed by atoms with van der Waals surface area (Å²) < 4.78 is 0. The summed E-state index contributed by atoms with van der Waals surface area (Å²) in [4.78, 5) is 33.8. The molecule has 0 fully saturated rings. The van der Waals surface area contributed by atoms with E-state index in [4.69, 9.17) is 9.68 Å². The van der Waals surface area contributed by atoms with E-state index in [0.717, 1.165) is 25.7 Å². The van der Waals surface area contributed by atoms with Crippen molar-refractivity contribution in [1.29, 1.82) is 0 Å². The number of carbonyl (C=O) groups is 2. The first-order chi connectivity index (χ1) is 21.7. The molecule has 262 valence electrons. The number of unbranched alkanes of at least 4 members (excludes halogenated alkanes) is 28. The second-order valence-corrected chi connectivity index (χ2v) is 13.1. The lowest BCUT2D eigenvalue weighted by molar-refractivity contribution is -0.154. The first kappa shape index (κ1) is 42.9. The third-order valence-corrected chi connectivity index (χ3v) is 8.67. The molecular weight excluding hydrogens is 548 g/mol. The van der Waals surface area contributed by atoms with E-state index in [2.05, 4.69) is 24.8 Å². The van der Waals surface area contributed by atoms with Crippen LogP contribution in [0.3, 0.4) is 0 Å². The van der Waals surface area contributed by atoms with Gasteiger partial charge >= 0.3 is 11.9 Å². The van der Waals surface area contributed by atoms with Crippen LogP contribution in [-0.4, -0.2) is 25.0 Å². The van der Waals surface area contributed by atoms with Gasteiger partial charge in [0, 0.05) is 25.9 Å². The second-order valence-electron chi connectivity index (χ2n) is 13.1. The molecule has 0 radical (unpaired) electrons. The lowest BCUT2D eigenvalue weighted by Crippen LogP contribution is -2.30. The number of rotatable bonds is 37. The van der Waals surface area contributed by atoms with Crippen LogP contribution in [0, 0.1) is 0 Å². The van der Waals surface area contributed by atoms with Gasteiger partial charge in [-0.2, -0.15) is 11.0 Å². The summed E-state index contributed by atoms with van der Waals surface area (Å²) in [5.74, 6) is -0.435. The first-order valence-electron chi connectivity index (χ1n) is 19.6. The average Bonchev–Trinajstić information content (AvgIpc) is 3.02. The molecular formula is C38H76N2O4. The molecule has 0 atom stereocenters. The molecule has 0 aliphatic rings. The van der Waals surface area contributed by atoms with E-state index in [1.54, 1.807) is 0 Å². The Kier molecular flexibility index (Phi) is 37.1. The largest absolute Gasteiger partial charge is 0.371 e. The molecule has 0 saturated heterocycles. The third kappa shape index (κ3) is 37.0. The molecule has 0 saturated carbocycles. The fourth-order valence-electron chi connectivity index (χ4n) is 5.75. The van der Waals surface area contributed by atoms with Crippen molar-refractivity contribution < 1.29 is 19.3 Å². The normalized spacial score (nSPS) is 11.2. The Morgan fingerprint density at radius 1 is 0.341 bits per heavy atom. The fourth-order valence-corrected chi connectivity index (χ4v) is 5.75. The van der Waals surface area contributed by atoms with Crippen molar-refractivity contribution in [2.75, 3.05) is 13.1 Å². The van der Waals surface area contributed by atoms with E-state index in [0.29, 0.717) is 25.9 Å². The van der Waals surface area contributed by atoms with Crippen molar-refractivity contribution in [3.05, 3.63) is 0 Å². The summed E-state index contributed by atoms with van der Waals surface area (Å²) in [5.41, 5.74) is 5.32. The van der Waals surface area contributed by atoms with E-state index in [1.165, 1.54) is 167 Å². The van der Waals surface area contributed by atoms with Gasteiger partial charge < -0.3 is 9.68 Å². The van der Waals surface area contributed by atoms with Gasteiger partial charge in [0.05, 0.1) is 0 Å². The predicted molar refractivity (Wildman–Crippen MR) is 187 cm³/mol. The quantitative estimate of drug-likeness (QED) is 0.0529. The van der Waals surface area contributed by atoms with Crippen LogP contribution in [-0.2, 0) is 19.3 Å². The fraction of sp³-hybridized carbons (Fsp3) is 0.947. The molecule has 0 amide bonds. The van der Waals surface area contributed by atoms with E-state index >= 15 is 0 Å². The standard InChI is InChI=1S/C38H76N2O4/c1-3-5-7-9-11-13-15-17-19-21-23-25-27-29-31-33-37(41)43-39-35-36-40-44-38(42)34-32-30-28-26-24-22-20-18-16-14-12-10-8-6-4-2/h39-40H,3-36H2,1-2H3. The van der Waals surface area contributed by atoms with Crippen molar-refractivity contribution in [2.24, 2.45) is 0 Å². The maximum Gasteiger partial charge on any atom is 0.324 e. The zero-order valence-corrected chi connectivity index (χ0v) is 29.7. The minimum atomic E-state index is -0.218. The highest BCUT2D eigenvalue weighted by molar-refractivity contribution is 5.69. The van der Waals surface area contributed by atoms with Crippen LogP contribution in [0.15, 0.2) is 0 Å². The monoisotopic (exact) mass is 625 g/mol. The Balaban J connectivity index is 3.25. The number of carbonyl (C=O) groups excluding carboxylic acids is 2. The van der Waals surface area contributed by atoms with Gasteiger partial charge in [0.15, 0.2) is 0 Å². The number of nitrogens with one attached hydrogen (secondary N) is 2. The molecule has 44 heavy (non-hydrogen) atoms. The van der Waals surface area contributed by atoms with Gasteiger partial charge in [-0.15, -0.1) is 0 Å². The Hall–Kier alpha value is -1.14. The van der Waals surface area contributed by atoms with Gasteiger partial charge in [-0.3, -0.25) is 9.59 Å². The van der Waals surface area contributed by atoms with Gasteiger partial charge in [-0.25, -0.2) is 0 Å². The van der Waals surface area contributed by atoms with Gasteiger partial charge in [-0.1, -0.05) is 194 Å². The van der Waals surface area contributed by atoms with Crippen molar-refractivity contribution in [2.45, 2.75) is 219 Å². The van der Waals surface area contributed by atoms with Crippen molar-refractivity contribution in [3.8, 4) is 0 Å². The molecule has 0 heterocycles. The SMILES string of the molecule is CCCCCCCCCCCCCCCCCC(=O)ONCCNOC(=O)CCCCCCCCCCCCCCCCC. The van der Waals surface area contributed by atoms with E-state index in [9.17, 15) is 9.59 Å². The Morgan fingerprint density at radius 2 is 0.545 bits per heavy atom. The summed E-state index contributed by atoms with van der Waals surface area (Å²) in [6.07, 6.45) is 40.3. The van der Waals surface area contributed by atoms with E-state index in [1.807, 2.05) is 0 Å². The number of hydrogen-bond donors (Lipinski definition) is 2. The van der Waals surface area contributed by atoms with Crippen LogP contribution >= 0.6 is 0 Å². The maximum absolute atomic E-state index is 11.8. The van der Waals surface area contributed by atoms with Crippen LogP contribution in [0.4, 0.5) is 0 Å². The Labute approximate surface area is 274 Å². The lowest BCUT2D eigenvalue weighted by atomic mass is 10.0. The minimum absolute atomic E-state index is 0.218. The molecule has 0 aliphatic heterocycles. The Bertz CT molecular complexity index is 537. The number of hydrogen-bond acceptors (Lipinski definition) is 6. The van der Waals surface area contributed by atoms with E-state index < -0.39 is 0 Å². The second kappa shape index (κ2) is 38.0. The molecule has 0 rings (SSSR count). The molecule has 0 aromatic carbocycles. The van der Waals surface area contributed by atoms with Gasteiger partial charge in [0.25, 0.3) is 0 Å². The minimum Gasteiger partial charge on any atom is -0.371 e. The zero-order chi connectivity index (χ0) is 32.0. The molecule has 6 heteroatoms. The highest BCUT2D eigenvalue weighted by Gasteiger charge is 2.05.